The van der Waals surface area contributed by atoms with Crippen molar-refractivity contribution in [3.05, 3.63) is 41.3 Å². The summed E-state index contributed by atoms with van der Waals surface area (Å²) in [6, 6.07) is 9.53. The van der Waals surface area contributed by atoms with Crippen LogP contribution in [0, 0.1) is 0 Å². The molecule has 3 rings (SSSR count). The van der Waals surface area contributed by atoms with Crippen molar-refractivity contribution in [3.8, 4) is 11.1 Å². The fourth-order valence-electron chi connectivity index (χ4n) is 1.93. The van der Waals surface area contributed by atoms with Crippen LogP contribution in [-0.2, 0) is 0 Å². The van der Waals surface area contributed by atoms with Crippen molar-refractivity contribution in [1.29, 1.82) is 0 Å². The van der Waals surface area contributed by atoms with Crippen LogP contribution in [0.2, 0.25) is 0 Å². The molecule has 2 aromatic rings. The van der Waals surface area contributed by atoms with Crippen LogP contribution >= 0.6 is 11.3 Å². The van der Waals surface area contributed by atoms with E-state index in [1.165, 1.54) is 17.6 Å². The van der Waals surface area contributed by atoms with E-state index in [2.05, 4.69) is 10.3 Å². The van der Waals surface area contributed by atoms with E-state index in [4.69, 9.17) is 0 Å². The Balaban J connectivity index is 1.98. The third-order valence-corrected chi connectivity index (χ3v) is 3.77. The van der Waals surface area contributed by atoms with E-state index >= 15 is 0 Å². The number of hydrogen-bond acceptors (Lipinski definition) is 3. The van der Waals surface area contributed by atoms with Crippen molar-refractivity contribution in [3.63, 3.8) is 0 Å². The van der Waals surface area contributed by atoms with E-state index in [1.807, 2.05) is 35.7 Å². The molecule has 1 atom stereocenters. The lowest BCUT2D eigenvalue weighted by Crippen LogP contribution is -2.36. The van der Waals surface area contributed by atoms with E-state index in [0.717, 1.165) is 16.7 Å². The van der Waals surface area contributed by atoms with Crippen molar-refractivity contribution in [2.24, 2.45) is 4.99 Å². The third kappa shape index (κ3) is 2.23. The van der Waals surface area contributed by atoms with Crippen molar-refractivity contribution in [1.82, 2.24) is 0 Å². The quantitative estimate of drug-likeness (QED) is 0.835. The molecule has 0 saturated carbocycles. The van der Waals surface area contributed by atoms with Gasteiger partial charge in [-0.15, -0.1) is 11.3 Å². The molecule has 1 N–H and O–H groups in total. The van der Waals surface area contributed by atoms with Gasteiger partial charge in [0.15, 0.2) is 0 Å². The zero-order valence-electron chi connectivity index (χ0n) is 9.61. The monoisotopic (exact) mass is 282 g/mol. The summed E-state index contributed by atoms with van der Waals surface area (Å²) in [4.78, 5) is 3.55. The number of nitrogens with one attached hydrogen (secondary N) is 1. The van der Waals surface area contributed by atoms with Gasteiger partial charge in [-0.2, -0.15) is 13.2 Å². The molecule has 1 aromatic carbocycles. The Morgan fingerprint density at radius 3 is 2.58 bits per heavy atom. The molecule has 0 amide bonds. The molecule has 1 aliphatic heterocycles. The number of anilines is 1. The van der Waals surface area contributed by atoms with Gasteiger partial charge in [0.05, 0.1) is 5.00 Å². The summed E-state index contributed by atoms with van der Waals surface area (Å²) in [6.07, 6.45) is -4.91. The first-order chi connectivity index (χ1) is 9.05. The fourth-order valence-corrected chi connectivity index (χ4v) is 2.89. The number of thiophene rings is 1. The van der Waals surface area contributed by atoms with Gasteiger partial charge in [-0.05, 0) is 5.56 Å². The van der Waals surface area contributed by atoms with Gasteiger partial charge >= 0.3 is 6.18 Å². The summed E-state index contributed by atoms with van der Waals surface area (Å²) in [7, 11) is 0. The molecule has 98 valence electrons. The molecule has 0 radical (unpaired) electrons. The summed E-state index contributed by atoms with van der Waals surface area (Å²) < 4.78 is 37.8. The lowest BCUT2D eigenvalue weighted by Gasteiger charge is -2.21. The van der Waals surface area contributed by atoms with Crippen molar-refractivity contribution in [2.75, 3.05) is 5.32 Å². The van der Waals surface area contributed by atoms with E-state index in [0.29, 0.717) is 5.00 Å². The molecule has 2 heterocycles. The van der Waals surface area contributed by atoms with Gasteiger partial charge in [-0.1, -0.05) is 30.3 Å². The first-order valence-corrected chi connectivity index (χ1v) is 6.47. The first kappa shape index (κ1) is 12.2. The number of fused-ring (bicyclic) bond motifs is 1. The van der Waals surface area contributed by atoms with E-state index < -0.39 is 12.3 Å². The van der Waals surface area contributed by atoms with E-state index in [9.17, 15) is 13.2 Å². The van der Waals surface area contributed by atoms with Crippen LogP contribution in [0.4, 0.5) is 18.2 Å². The van der Waals surface area contributed by atoms with Gasteiger partial charge in [0.2, 0.25) is 6.17 Å². The molecule has 0 aliphatic carbocycles. The van der Waals surface area contributed by atoms with Crippen molar-refractivity contribution >= 4 is 22.6 Å². The molecule has 0 spiro atoms. The second kappa shape index (κ2) is 4.38. The number of alkyl halides is 3. The second-order valence-corrected chi connectivity index (χ2v) is 5.00. The van der Waals surface area contributed by atoms with Gasteiger partial charge in [0, 0.05) is 22.7 Å². The minimum Gasteiger partial charge on any atom is -0.348 e. The molecule has 1 unspecified atom stereocenters. The highest BCUT2D eigenvalue weighted by molar-refractivity contribution is 7.15. The molecular formula is C13H9F3N2S. The lowest BCUT2D eigenvalue weighted by atomic mass is 10.0. The Kier molecular flexibility index (Phi) is 2.82. The van der Waals surface area contributed by atoms with Crippen LogP contribution in [0.5, 0.6) is 0 Å². The minimum atomic E-state index is -4.37. The zero-order valence-corrected chi connectivity index (χ0v) is 10.4. The van der Waals surface area contributed by atoms with E-state index in [-0.39, 0.29) is 0 Å². The second-order valence-electron chi connectivity index (χ2n) is 4.12. The number of halogens is 3. The van der Waals surface area contributed by atoms with Crippen molar-refractivity contribution in [2.45, 2.75) is 12.3 Å². The van der Waals surface area contributed by atoms with Crippen LogP contribution in [0.25, 0.3) is 11.1 Å². The van der Waals surface area contributed by atoms with Crippen LogP contribution in [0.3, 0.4) is 0 Å². The summed E-state index contributed by atoms with van der Waals surface area (Å²) >= 11 is 1.26. The largest absolute Gasteiger partial charge is 0.429 e. The number of aliphatic imine (C=N–C) groups is 1. The zero-order chi connectivity index (χ0) is 13.5. The van der Waals surface area contributed by atoms with Gasteiger partial charge in [0.25, 0.3) is 0 Å². The number of rotatable bonds is 1. The average molecular weight is 282 g/mol. The Morgan fingerprint density at radius 1 is 1.16 bits per heavy atom. The third-order valence-electron chi connectivity index (χ3n) is 2.84. The molecule has 2 nitrogen and oxygen atoms in total. The summed E-state index contributed by atoms with van der Waals surface area (Å²) in [5, 5.41) is 4.78. The average Bonchev–Trinajstić information content (AvgIpc) is 2.81. The Hall–Kier alpha value is -1.82. The number of nitrogens with zero attached hydrogens (tertiary/aromatic N) is 1. The van der Waals surface area contributed by atoms with Crippen LogP contribution in [0.15, 0.2) is 40.7 Å². The smallest absolute Gasteiger partial charge is 0.348 e. The van der Waals surface area contributed by atoms with Crippen LogP contribution < -0.4 is 5.32 Å². The molecule has 1 aliphatic rings. The van der Waals surface area contributed by atoms with Gasteiger partial charge in [-0.25, -0.2) is 0 Å². The summed E-state index contributed by atoms with van der Waals surface area (Å²) in [5.41, 5.74) is 2.59. The Morgan fingerprint density at radius 2 is 1.89 bits per heavy atom. The highest BCUT2D eigenvalue weighted by Crippen LogP contribution is 2.38. The molecule has 0 fully saturated rings. The lowest BCUT2D eigenvalue weighted by molar-refractivity contribution is -0.140. The number of hydrogen-bond donors (Lipinski definition) is 1. The summed E-state index contributed by atoms with van der Waals surface area (Å²) in [5.74, 6) is 0. The molecule has 0 bridgehead atoms. The Labute approximate surface area is 111 Å². The van der Waals surface area contributed by atoms with Gasteiger partial charge in [0.1, 0.15) is 0 Å². The molecule has 1 aromatic heterocycles. The maximum Gasteiger partial charge on any atom is 0.429 e. The maximum absolute atomic E-state index is 12.6. The van der Waals surface area contributed by atoms with Gasteiger partial charge < -0.3 is 5.32 Å². The van der Waals surface area contributed by atoms with Gasteiger partial charge in [-0.3, -0.25) is 4.99 Å². The minimum absolute atomic E-state index is 0.510. The molecule has 6 heteroatoms. The van der Waals surface area contributed by atoms with Crippen LogP contribution in [-0.4, -0.2) is 18.6 Å². The molecular weight excluding hydrogens is 273 g/mol. The SMILES string of the molecule is FC(F)(F)C1N=Cc2c(-c3ccccc3)csc2N1. The fraction of sp³-hybridized carbons (Fsp3) is 0.154. The number of benzene rings is 1. The highest BCUT2D eigenvalue weighted by atomic mass is 32.1. The predicted octanol–water partition coefficient (Wildman–Crippen LogP) is 4.15. The van der Waals surface area contributed by atoms with Crippen molar-refractivity contribution < 1.29 is 13.2 Å². The standard InChI is InChI=1S/C13H9F3N2S/c14-13(15,16)12-17-6-9-10(7-19-11(9)18-12)8-4-2-1-3-5-8/h1-7,12,18H. The maximum atomic E-state index is 12.6. The van der Waals surface area contributed by atoms with E-state index in [1.54, 1.807) is 0 Å². The molecule has 19 heavy (non-hydrogen) atoms. The highest BCUT2D eigenvalue weighted by Gasteiger charge is 2.41. The Bertz CT molecular complexity index is 617. The molecule has 0 saturated heterocycles. The predicted molar refractivity (Wildman–Crippen MR) is 70.8 cm³/mol. The summed E-state index contributed by atoms with van der Waals surface area (Å²) in [6.45, 7) is 0. The normalized spacial score (nSPS) is 17.9. The first-order valence-electron chi connectivity index (χ1n) is 5.59. The topological polar surface area (TPSA) is 24.4 Å². The van der Waals surface area contributed by atoms with Crippen LogP contribution in [0.1, 0.15) is 5.56 Å².